The van der Waals surface area contributed by atoms with E-state index in [0.29, 0.717) is 0 Å². The van der Waals surface area contributed by atoms with Crippen LogP contribution in [0.4, 0.5) is 9.18 Å². The molecule has 0 aliphatic rings. The van der Waals surface area contributed by atoms with Gasteiger partial charge in [0, 0.05) is 7.11 Å². The van der Waals surface area contributed by atoms with E-state index in [1.165, 1.54) is 19.2 Å². The van der Waals surface area contributed by atoms with E-state index in [0.717, 1.165) is 5.56 Å². The zero-order valence-electron chi connectivity index (χ0n) is 10.7. The Labute approximate surface area is 106 Å². The maximum Gasteiger partial charge on any atom is 0.404 e. The molecule has 18 heavy (non-hydrogen) atoms. The third-order valence-corrected chi connectivity index (χ3v) is 2.66. The SMILES string of the molecule is CO[C@H](c1ccc(F)cc1)[C@H](OC(N)=O)C(C)C. The summed E-state index contributed by atoms with van der Waals surface area (Å²) >= 11 is 0. The summed E-state index contributed by atoms with van der Waals surface area (Å²) in [5, 5.41) is 0. The Morgan fingerprint density at radius 3 is 2.22 bits per heavy atom. The number of carbonyl (C=O) groups excluding carboxylic acids is 1. The van der Waals surface area contributed by atoms with Crippen molar-refractivity contribution in [1.29, 1.82) is 0 Å². The topological polar surface area (TPSA) is 61.6 Å². The number of primary amides is 1. The van der Waals surface area contributed by atoms with Gasteiger partial charge in [-0.3, -0.25) is 0 Å². The van der Waals surface area contributed by atoms with E-state index in [9.17, 15) is 9.18 Å². The quantitative estimate of drug-likeness (QED) is 0.879. The zero-order chi connectivity index (χ0) is 13.7. The van der Waals surface area contributed by atoms with Crippen LogP contribution in [0, 0.1) is 11.7 Å². The third kappa shape index (κ3) is 3.70. The maximum absolute atomic E-state index is 12.9. The highest BCUT2D eigenvalue weighted by Crippen LogP contribution is 2.27. The summed E-state index contributed by atoms with van der Waals surface area (Å²) in [6.45, 7) is 3.78. The Hall–Kier alpha value is -1.62. The molecule has 0 spiro atoms. The number of amides is 1. The van der Waals surface area contributed by atoms with Crippen LogP contribution in [0.1, 0.15) is 25.5 Å². The molecule has 0 bridgehead atoms. The van der Waals surface area contributed by atoms with Gasteiger partial charge in [0.05, 0.1) is 0 Å². The first-order valence-electron chi connectivity index (χ1n) is 5.70. The average Bonchev–Trinajstić information content (AvgIpc) is 2.30. The second kappa shape index (κ2) is 6.35. The van der Waals surface area contributed by atoms with Gasteiger partial charge in [0.1, 0.15) is 18.0 Å². The lowest BCUT2D eigenvalue weighted by molar-refractivity contribution is -0.0424. The first-order valence-corrected chi connectivity index (χ1v) is 5.70. The van der Waals surface area contributed by atoms with Gasteiger partial charge in [0.15, 0.2) is 0 Å². The Morgan fingerprint density at radius 1 is 1.28 bits per heavy atom. The lowest BCUT2D eigenvalue weighted by Gasteiger charge is -2.28. The van der Waals surface area contributed by atoms with Crippen molar-refractivity contribution in [2.45, 2.75) is 26.1 Å². The summed E-state index contributed by atoms with van der Waals surface area (Å²) < 4.78 is 23.3. The standard InChI is InChI=1S/C13H18FNO3/c1-8(2)11(18-13(15)16)12(17-3)9-4-6-10(14)7-5-9/h4-8,11-12H,1-3H3,(H2,15,16)/t11-,12-/m1/s1. The normalized spacial score (nSPS) is 14.3. The molecule has 0 heterocycles. The van der Waals surface area contributed by atoms with Crippen LogP contribution < -0.4 is 5.73 Å². The summed E-state index contributed by atoms with van der Waals surface area (Å²) in [5.74, 6) is -0.307. The molecule has 0 aromatic heterocycles. The first kappa shape index (κ1) is 14.4. The van der Waals surface area contributed by atoms with E-state index in [-0.39, 0.29) is 11.7 Å². The van der Waals surface area contributed by atoms with Gasteiger partial charge in [-0.25, -0.2) is 9.18 Å². The number of nitrogens with two attached hydrogens (primary N) is 1. The predicted molar refractivity (Wildman–Crippen MR) is 65.4 cm³/mol. The molecule has 4 nitrogen and oxygen atoms in total. The summed E-state index contributed by atoms with van der Waals surface area (Å²) in [6.07, 6.45) is -1.84. The van der Waals surface area contributed by atoms with Gasteiger partial charge in [-0.2, -0.15) is 0 Å². The molecule has 2 atom stereocenters. The van der Waals surface area contributed by atoms with Crippen molar-refractivity contribution in [3.63, 3.8) is 0 Å². The molecule has 1 aromatic carbocycles. The number of benzene rings is 1. The van der Waals surface area contributed by atoms with Crippen molar-refractivity contribution < 1.29 is 18.7 Å². The minimum Gasteiger partial charge on any atom is -0.443 e. The van der Waals surface area contributed by atoms with Crippen molar-refractivity contribution in [1.82, 2.24) is 0 Å². The minimum atomic E-state index is -0.849. The maximum atomic E-state index is 12.9. The van der Waals surface area contributed by atoms with Gasteiger partial charge >= 0.3 is 6.09 Å². The van der Waals surface area contributed by atoms with Crippen molar-refractivity contribution in [3.8, 4) is 0 Å². The van der Waals surface area contributed by atoms with Gasteiger partial charge in [-0.15, -0.1) is 0 Å². The molecular formula is C13H18FNO3. The van der Waals surface area contributed by atoms with Gasteiger partial charge in [-0.05, 0) is 23.6 Å². The Bertz CT molecular complexity index is 392. The van der Waals surface area contributed by atoms with Crippen LogP contribution in [0.3, 0.4) is 0 Å². The Morgan fingerprint density at radius 2 is 1.83 bits per heavy atom. The molecule has 0 saturated heterocycles. The van der Waals surface area contributed by atoms with E-state index in [2.05, 4.69) is 0 Å². The summed E-state index contributed by atoms with van der Waals surface area (Å²) in [7, 11) is 1.51. The minimum absolute atomic E-state index is 0.0208. The first-order chi connectivity index (χ1) is 8.45. The number of ether oxygens (including phenoxy) is 2. The van der Waals surface area contributed by atoms with Crippen molar-refractivity contribution in [3.05, 3.63) is 35.6 Å². The summed E-state index contributed by atoms with van der Waals surface area (Å²) in [5.41, 5.74) is 5.78. The van der Waals surface area contributed by atoms with Crippen LogP contribution in [-0.4, -0.2) is 19.3 Å². The fourth-order valence-corrected chi connectivity index (χ4v) is 1.79. The number of hydrogen-bond donors (Lipinski definition) is 1. The fourth-order valence-electron chi connectivity index (χ4n) is 1.79. The highest BCUT2D eigenvalue weighted by molar-refractivity contribution is 5.64. The largest absolute Gasteiger partial charge is 0.443 e. The second-order valence-corrected chi connectivity index (χ2v) is 4.35. The molecule has 0 fully saturated rings. The Kier molecular flexibility index (Phi) is 5.09. The smallest absolute Gasteiger partial charge is 0.404 e. The average molecular weight is 255 g/mol. The van der Waals surface area contributed by atoms with Crippen LogP contribution in [0.5, 0.6) is 0 Å². The monoisotopic (exact) mass is 255 g/mol. The molecular weight excluding hydrogens is 237 g/mol. The van der Waals surface area contributed by atoms with Crippen molar-refractivity contribution >= 4 is 6.09 Å². The molecule has 0 saturated carbocycles. The molecule has 0 aliphatic carbocycles. The molecule has 0 aliphatic heterocycles. The third-order valence-electron chi connectivity index (χ3n) is 2.66. The van der Waals surface area contributed by atoms with E-state index < -0.39 is 18.3 Å². The predicted octanol–water partition coefficient (Wildman–Crippen LogP) is 2.63. The van der Waals surface area contributed by atoms with Crippen LogP contribution in [0.25, 0.3) is 0 Å². The molecule has 0 unspecified atom stereocenters. The van der Waals surface area contributed by atoms with Crippen molar-refractivity contribution in [2.75, 3.05) is 7.11 Å². The molecule has 0 radical (unpaired) electrons. The number of halogens is 1. The molecule has 100 valence electrons. The van der Waals surface area contributed by atoms with E-state index in [1.807, 2.05) is 13.8 Å². The van der Waals surface area contributed by atoms with E-state index >= 15 is 0 Å². The highest BCUT2D eigenvalue weighted by atomic mass is 19.1. The number of carbonyl (C=O) groups is 1. The van der Waals surface area contributed by atoms with Crippen LogP contribution in [-0.2, 0) is 9.47 Å². The van der Waals surface area contributed by atoms with Crippen LogP contribution >= 0.6 is 0 Å². The highest BCUT2D eigenvalue weighted by Gasteiger charge is 2.29. The number of hydrogen-bond acceptors (Lipinski definition) is 3. The van der Waals surface area contributed by atoms with Crippen LogP contribution in [0.15, 0.2) is 24.3 Å². The number of methoxy groups -OCH3 is 1. The van der Waals surface area contributed by atoms with Crippen LogP contribution in [0.2, 0.25) is 0 Å². The fraction of sp³-hybridized carbons (Fsp3) is 0.462. The van der Waals surface area contributed by atoms with E-state index in [1.54, 1.807) is 12.1 Å². The van der Waals surface area contributed by atoms with Gasteiger partial charge in [0.25, 0.3) is 0 Å². The lowest BCUT2D eigenvalue weighted by atomic mass is 9.96. The van der Waals surface area contributed by atoms with Gasteiger partial charge in [0.2, 0.25) is 0 Å². The molecule has 2 N–H and O–H groups in total. The summed E-state index contributed by atoms with van der Waals surface area (Å²) in [4.78, 5) is 10.9. The zero-order valence-corrected chi connectivity index (χ0v) is 10.7. The van der Waals surface area contributed by atoms with E-state index in [4.69, 9.17) is 15.2 Å². The lowest BCUT2D eigenvalue weighted by Crippen LogP contribution is -2.33. The molecule has 1 amide bonds. The van der Waals surface area contributed by atoms with Gasteiger partial charge < -0.3 is 15.2 Å². The second-order valence-electron chi connectivity index (χ2n) is 4.35. The summed E-state index contributed by atoms with van der Waals surface area (Å²) in [6, 6.07) is 5.87. The molecule has 5 heteroatoms. The molecule has 1 rings (SSSR count). The van der Waals surface area contributed by atoms with Crippen molar-refractivity contribution in [2.24, 2.45) is 11.7 Å². The Balaban J connectivity index is 2.97. The molecule has 1 aromatic rings. The number of rotatable bonds is 5. The van der Waals surface area contributed by atoms with Gasteiger partial charge in [-0.1, -0.05) is 26.0 Å².